The number of fused-ring (bicyclic) bond motifs is 1. The van der Waals surface area contributed by atoms with Crippen LogP contribution in [0.1, 0.15) is 46.4 Å². The van der Waals surface area contributed by atoms with Crippen LogP contribution in [-0.4, -0.2) is 57.7 Å². The van der Waals surface area contributed by atoms with Crippen molar-refractivity contribution in [3.05, 3.63) is 57.0 Å². The van der Waals surface area contributed by atoms with Gasteiger partial charge in [-0.25, -0.2) is 9.78 Å². The zero-order chi connectivity index (χ0) is 26.5. The number of halogens is 1. The Morgan fingerprint density at radius 3 is 2.68 bits per heavy atom. The molecule has 0 spiro atoms. The second kappa shape index (κ2) is 11.2. The normalized spacial score (nSPS) is 14.2. The molecule has 5 N–H and O–H groups in total. The van der Waals surface area contributed by atoms with Crippen LogP contribution < -0.4 is 26.2 Å². The molecule has 2 heterocycles. The van der Waals surface area contributed by atoms with Crippen LogP contribution in [0.25, 0.3) is 11.0 Å². The molecule has 13 heteroatoms. The number of benzene rings is 1. The Morgan fingerprint density at radius 2 is 1.97 bits per heavy atom. The monoisotopic (exact) mass is 528 g/mol. The Labute approximate surface area is 215 Å². The van der Waals surface area contributed by atoms with Crippen molar-refractivity contribution in [3.8, 4) is 6.01 Å². The molecule has 1 unspecified atom stereocenters. The van der Waals surface area contributed by atoms with Crippen molar-refractivity contribution in [3.63, 3.8) is 0 Å². The van der Waals surface area contributed by atoms with Gasteiger partial charge in [-0.3, -0.25) is 14.4 Å². The Kier molecular flexibility index (Phi) is 7.87. The van der Waals surface area contributed by atoms with Crippen LogP contribution in [0, 0.1) is 5.92 Å². The third-order valence-electron chi connectivity index (χ3n) is 6.23. The number of ether oxygens (including phenoxy) is 1. The molecule has 3 amide bonds. The van der Waals surface area contributed by atoms with Gasteiger partial charge in [-0.05, 0) is 43.0 Å². The number of aromatic amines is 1. The quantitative estimate of drug-likeness (QED) is 0.296. The lowest BCUT2D eigenvalue weighted by Crippen LogP contribution is -2.47. The van der Waals surface area contributed by atoms with Crippen molar-refractivity contribution in [2.45, 2.75) is 31.7 Å². The third kappa shape index (κ3) is 6.15. The van der Waals surface area contributed by atoms with E-state index in [1.54, 1.807) is 0 Å². The summed E-state index contributed by atoms with van der Waals surface area (Å²) < 4.78 is 4.94. The Hall–Kier alpha value is -4.19. The van der Waals surface area contributed by atoms with Crippen molar-refractivity contribution >= 4 is 46.2 Å². The maximum Gasteiger partial charge on any atom is 0.404 e. The summed E-state index contributed by atoms with van der Waals surface area (Å²) in [4.78, 5) is 60.0. The fourth-order valence-corrected chi connectivity index (χ4v) is 4.50. The molecule has 12 nitrogen and oxygen atoms in total. The highest BCUT2D eigenvalue weighted by Gasteiger charge is 2.27. The van der Waals surface area contributed by atoms with E-state index in [9.17, 15) is 19.2 Å². The predicted molar refractivity (Wildman–Crippen MR) is 135 cm³/mol. The SMILES string of the molecule is COc1ncc2cc(C(=O)Nc3cc(C(=O)NC(CNC(=O)O)C4CCCC4)ccc3Cl)c(=O)[nH]c2n1. The van der Waals surface area contributed by atoms with E-state index in [1.165, 1.54) is 37.6 Å². The Balaban J connectivity index is 1.52. The molecule has 3 aromatic rings. The average Bonchev–Trinajstić information content (AvgIpc) is 3.41. The minimum absolute atomic E-state index is 0.0659. The van der Waals surface area contributed by atoms with Gasteiger partial charge in [0.15, 0.2) is 0 Å². The molecule has 1 fully saturated rings. The van der Waals surface area contributed by atoms with Gasteiger partial charge in [0.05, 0.1) is 17.8 Å². The fourth-order valence-electron chi connectivity index (χ4n) is 4.34. The smallest absolute Gasteiger partial charge is 0.404 e. The minimum Gasteiger partial charge on any atom is -0.467 e. The summed E-state index contributed by atoms with van der Waals surface area (Å²) in [6.45, 7) is 0.0866. The first-order valence-corrected chi connectivity index (χ1v) is 12.0. The van der Waals surface area contributed by atoms with Crippen molar-refractivity contribution in [1.82, 2.24) is 25.6 Å². The van der Waals surface area contributed by atoms with Gasteiger partial charge < -0.3 is 30.8 Å². The van der Waals surface area contributed by atoms with E-state index in [4.69, 9.17) is 21.4 Å². The van der Waals surface area contributed by atoms with Crippen LogP contribution in [0.2, 0.25) is 5.02 Å². The summed E-state index contributed by atoms with van der Waals surface area (Å²) in [7, 11) is 1.39. The molecule has 37 heavy (non-hydrogen) atoms. The van der Waals surface area contributed by atoms with Crippen molar-refractivity contribution in [2.75, 3.05) is 19.0 Å². The average molecular weight is 529 g/mol. The van der Waals surface area contributed by atoms with Gasteiger partial charge in [0, 0.05) is 29.7 Å². The molecule has 0 radical (unpaired) electrons. The number of amides is 3. The van der Waals surface area contributed by atoms with E-state index >= 15 is 0 Å². The number of anilines is 1. The van der Waals surface area contributed by atoms with Gasteiger partial charge in [-0.1, -0.05) is 24.4 Å². The zero-order valence-electron chi connectivity index (χ0n) is 19.8. The minimum atomic E-state index is -1.16. The number of aromatic nitrogens is 3. The van der Waals surface area contributed by atoms with E-state index in [1.807, 2.05) is 0 Å². The van der Waals surface area contributed by atoms with Gasteiger partial charge in [0.2, 0.25) is 0 Å². The summed E-state index contributed by atoms with van der Waals surface area (Å²) in [6, 6.07) is 5.38. The molecule has 1 aliphatic rings. The van der Waals surface area contributed by atoms with Crippen molar-refractivity contribution < 1.29 is 24.2 Å². The number of carbonyl (C=O) groups is 3. The second-order valence-corrected chi connectivity index (χ2v) is 9.04. The lowest BCUT2D eigenvalue weighted by molar-refractivity contribution is 0.0919. The van der Waals surface area contributed by atoms with Crippen LogP contribution in [0.15, 0.2) is 35.3 Å². The highest BCUT2D eigenvalue weighted by atomic mass is 35.5. The standard InChI is InChI=1S/C24H25ClN6O6/c1-37-23-26-10-14-8-15(22(34)30-19(14)31-23)21(33)28-17-9-13(6-7-16(17)25)20(32)29-18(11-27-24(35)36)12-4-2-3-5-12/h6-10,12,18,27H,2-5,11H2,1H3,(H,28,33)(H,29,32)(H,35,36)(H,26,30,31,34). The third-order valence-corrected chi connectivity index (χ3v) is 6.56. The number of pyridine rings is 1. The Morgan fingerprint density at radius 1 is 1.22 bits per heavy atom. The number of nitrogens with zero attached hydrogens (tertiary/aromatic N) is 2. The molecule has 1 atom stereocenters. The first kappa shape index (κ1) is 25.9. The summed E-state index contributed by atoms with van der Waals surface area (Å²) in [5.41, 5.74) is -0.328. The number of carbonyl (C=O) groups excluding carboxylic acids is 2. The summed E-state index contributed by atoms with van der Waals surface area (Å²) in [5, 5.41) is 17.4. The second-order valence-electron chi connectivity index (χ2n) is 8.63. The van der Waals surface area contributed by atoms with Crippen LogP contribution in [0.5, 0.6) is 6.01 Å². The molecule has 0 saturated heterocycles. The maximum atomic E-state index is 13.0. The van der Waals surface area contributed by atoms with Gasteiger partial charge in [0.25, 0.3) is 17.4 Å². The van der Waals surface area contributed by atoms with E-state index in [0.29, 0.717) is 5.39 Å². The van der Waals surface area contributed by atoms with Crippen LogP contribution in [0.3, 0.4) is 0 Å². The summed E-state index contributed by atoms with van der Waals surface area (Å²) in [5.74, 6) is -1.02. The topological polar surface area (TPSA) is 175 Å². The largest absolute Gasteiger partial charge is 0.467 e. The number of carboxylic acid groups (broad SMARTS) is 1. The number of H-pyrrole nitrogens is 1. The molecular formula is C24H25ClN6O6. The van der Waals surface area contributed by atoms with E-state index < -0.39 is 23.5 Å². The van der Waals surface area contributed by atoms with Crippen molar-refractivity contribution in [2.24, 2.45) is 5.92 Å². The highest BCUT2D eigenvalue weighted by molar-refractivity contribution is 6.34. The molecular weight excluding hydrogens is 504 g/mol. The van der Waals surface area contributed by atoms with Crippen LogP contribution in [0.4, 0.5) is 10.5 Å². The number of hydrogen-bond donors (Lipinski definition) is 5. The lowest BCUT2D eigenvalue weighted by atomic mass is 9.97. The molecule has 1 saturated carbocycles. The van der Waals surface area contributed by atoms with Gasteiger partial charge >= 0.3 is 12.1 Å². The molecule has 1 aromatic carbocycles. The predicted octanol–water partition coefficient (Wildman–Crippen LogP) is 2.79. The van der Waals surface area contributed by atoms with Crippen molar-refractivity contribution in [1.29, 1.82) is 0 Å². The first-order chi connectivity index (χ1) is 17.7. The lowest BCUT2D eigenvalue weighted by Gasteiger charge is -2.24. The van der Waals surface area contributed by atoms with Gasteiger partial charge in [-0.2, -0.15) is 4.98 Å². The van der Waals surface area contributed by atoms with Gasteiger partial charge in [-0.15, -0.1) is 0 Å². The van der Waals surface area contributed by atoms with E-state index in [-0.39, 0.29) is 52.0 Å². The van der Waals surface area contributed by atoms with E-state index in [2.05, 4.69) is 30.9 Å². The van der Waals surface area contributed by atoms with E-state index in [0.717, 1.165) is 25.7 Å². The zero-order valence-corrected chi connectivity index (χ0v) is 20.6. The first-order valence-electron chi connectivity index (χ1n) is 11.6. The number of methoxy groups -OCH3 is 1. The molecule has 2 aromatic heterocycles. The maximum absolute atomic E-state index is 13.0. The number of nitrogens with one attached hydrogen (secondary N) is 4. The van der Waals surface area contributed by atoms with Crippen LogP contribution in [-0.2, 0) is 0 Å². The summed E-state index contributed by atoms with van der Waals surface area (Å²) >= 11 is 6.25. The number of rotatable bonds is 8. The van der Waals surface area contributed by atoms with Gasteiger partial charge in [0.1, 0.15) is 11.2 Å². The molecule has 1 aliphatic carbocycles. The molecule has 194 valence electrons. The summed E-state index contributed by atoms with van der Waals surface area (Å²) in [6.07, 6.45) is 4.08. The number of hydrogen-bond acceptors (Lipinski definition) is 7. The highest BCUT2D eigenvalue weighted by Crippen LogP contribution is 2.28. The molecule has 4 rings (SSSR count). The molecule has 0 bridgehead atoms. The fraction of sp³-hybridized carbons (Fsp3) is 0.333. The van der Waals surface area contributed by atoms with Crippen LogP contribution >= 0.6 is 11.6 Å². The molecule has 0 aliphatic heterocycles. The Bertz CT molecular complexity index is 1400.